The quantitative estimate of drug-likeness (QED) is 0.500. The molecule has 1 aromatic heterocycles. The van der Waals surface area contributed by atoms with Gasteiger partial charge in [-0.15, -0.1) is 11.3 Å². The molecule has 0 unspecified atom stereocenters. The van der Waals surface area contributed by atoms with Gasteiger partial charge in [0.25, 0.3) is 0 Å². The van der Waals surface area contributed by atoms with Gasteiger partial charge in [-0.2, -0.15) is 13.2 Å². The molecule has 0 saturated heterocycles. The number of halogens is 3. The average Bonchev–Trinajstić information content (AvgIpc) is 3.06. The summed E-state index contributed by atoms with van der Waals surface area (Å²) < 4.78 is 38.3. The number of hydrogen-bond donors (Lipinski definition) is 1. The first-order valence-corrected chi connectivity index (χ1v) is 9.71. The van der Waals surface area contributed by atoms with Crippen LogP contribution in [-0.4, -0.2) is 10.9 Å². The number of alkyl halides is 3. The number of aromatic nitrogens is 1. The molecule has 29 heavy (non-hydrogen) atoms. The van der Waals surface area contributed by atoms with Crippen LogP contribution in [-0.2, 0) is 11.0 Å². The Morgan fingerprint density at radius 1 is 1.10 bits per heavy atom. The highest BCUT2D eigenvalue weighted by Crippen LogP contribution is 2.31. The lowest BCUT2D eigenvalue weighted by molar-refractivity contribution is -0.137. The summed E-state index contributed by atoms with van der Waals surface area (Å²) in [5, 5.41) is 4.96. The van der Waals surface area contributed by atoms with E-state index in [-0.39, 0.29) is 0 Å². The Hall–Kier alpha value is -2.93. The lowest BCUT2D eigenvalue weighted by Gasteiger charge is -2.08. The van der Waals surface area contributed by atoms with Crippen LogP contribution in [0.2, 0.25) is 0 Å². The second-order valence-electron chi connectivity index (χ2n) is 6.76. The molecule has 0 radical (unpaired) electrons. The number of carbonyl (C=O) groups is 1. The first-order chi connectivity index (χ1) is 13.6. The average molecular weight is 416 g/mol. The number of thiazole rings is 1. The van der Waals surface area contributed by atoms with Gasteiger partial charge < -0.3 is 0 Å². The summed E-state index contributed by atoms with van der Waals surface area (Å²) in [7, 11) is 0. The van der Waals surface area contributed by atoms with Gasteiger partial charge >= 0.3 is 6.18 Å². The SMILES string of the molecule is Cc1cc(C)c(-c2csc(NC(=O)/C=C/c3cccc(C(F)(F)F)c3)n2)c(C)c1. The summed E-state index contributed by atoms with van der Waals surface area (Å²) in [6, 6.07) is 8.95. The van der Waals surface area contributed by atoms with Crippen molar-refractivity contribution in [3.05, 3.63) is 75.7 Å². The highest BCUT2D eigenvalue weighted by Gasteiger charge is 2.30. The molecule has 0 saturated carbocycles. The zero-order chi connectivity index (χ0) is 21.2. The maximum absolute atomic E-state index is 12.8. The second-order valence-corrected chi connectivity index (χ2v) is 7.62. The van der Waals surface area contributed by atoms with Crippen LogP contribution in [0, 0.1) is 20.8 Å². The van der Waals surface area contributed by atoms with E-state index in [2.05, 4.69) is 22.4 Å². The summed E-state index contributed by atoms with van der Waals surface area (Å²) in [6.07, 6.45) is -1.89. The monoisotopic (exact) mass is 416 g/mol. The van der Waals surface area contributed by atoms with Crippen molar-refractivity contribution in [2.45, 2.75) is 26.9 Å². The number of nitrogens with one attached hydrogen (secondary N) is 1. The van der Waals surface area contributed by atoms with E-state index < -0.39 is 17.6 Å². The van der Waals surface area contributed by atoms with Gasteiger partial charge in [0.2, 0.25) is 5.91 Å². The number of carbonyl (C=O) groups excluding carboxylic acids is 1. The molecule has 2 aromatic carbocycles. The van der Waals surface area contributed by atoms with E-state index in [1.165, 1.54) is 41.2 Å². The Morgan fingerprint density at radius 3 is 2.45 bits per heavy atom. The summed E-state index contributed by atoms with van der Waals surface area (Å²) in [6.45, 7) is 6.07. The zero-order valence-corrected chi connectivity index (χ0v) is 16.9. The number of aryl methyl sites for hydroxylation is 3. The third-order valence-corrected chi connectivity index (χ3v) is 5.07. The predicted octanol–water partition coefficient (Wildman–Crippen LogP) is 6.41. The molecular formula is C22H19F3N2OS. The lowest BCUT2D eigenvalue weighted by atomic mass is 9.98. The molecule has 0 aliphatic rings. The molecule has 0 aliphatic carbocycles. The lowest BCUT2D eigenvalue weighted by Crippen LogP contribution is -2.07. The molecule has 150 valence electrons. The van der Waals surface area contributed by atoms with Crippen molar-refractivity contribution in [1.82, 2.24) is 4.98 Å². The summed E-state index contributed by atoms with van der Waals surface area (Å²) >= 11 is 1.30. The first-order valence-electron chi connectivity index (χ1n) is 8.83. The molecule has 0 aliphatic heterocycles. The Morgan fingerprint density at radius 2 is 1.79 bits per heavy atom. The first kappa shape index (κ1) is 20.8. The van der Waals surface area contributed by atoms with Crippen molar-refractivity contribution in [3.8, 4) is 11.3 Å². The van der Waals surface area contributed by atoms with Crippen LogP contribution in [0.15, 0.2) is 47.9 Å². The Kier molecular flexibility index (Phi) is 5.88. The maximum atomic E-state index is 12.8. The van der Waals surface area contributed by atoms with Gasteiger partial charge in [-0.1, -0.05) is 29.8 Å². The number of hydrogen-bond acceptors (Lipinski definition) is 3. The Labute approximate surface area is 170 Å². The van der Waals surface area contributed by atoms with Crippen molar-refractivity contribution in [2.75, 3.05) is 5.32 Å². The standard InChI is InChI=1S/C22H19F3N2OS/c1-13-9-14(2)20(15(3)10-13)18-12-29-21(26-18)27-19(28)8-7-16-5-4-6-17(11-16)22(23,24)25/h4-12H,1-3H3,(H,26,27,28)/b8-7+. The fourth-order valence-corrected chi connectivity index (χ4v) is 3.87. The molecule has 3 rings (SSSR count). The molecular weight excluding hydrogens is 397 g/mol. The van der Waals surface area contributed by atoms with Gasteiger partial charge in [0, 0.05) is 17.0 Å². The third-order valence-electron chi connectivity index (χ3n) is 4.31. The molecule has 0 spiro atoms. The van der Waals surface area contributed by atoms with Crippen LogP contribution >= 0.6 is 11.3 Å². The normalized spacial score (nSPS) is 11.8. The zero-order valence-electron chi connectivity index (χ0n) is 16.1. The highest BCUT2D eigenvalue weighted by atomic mass is 32.1. The van der Waals surface area contributed by atoms with Crippen LogP contribution in [0.4, 0.5) is 18.3 Å². The molecule has 7 heteroatoms. The van der Waals surface area contributed by atoms with Crippen LogP contribution in [0.25, 0.3) is 17.3 Å². The number of rotatable bonds is 4. The van der Waals surface area contributed by atoms with Gasteiger partial charge in [0.1, 0.15) is 0 Å². The fraction of sp³-hybridized carbons (Fsp3) is 0.182. The molecule has 1 N–H and O–H groups in total. The van der Waals surface area contributed by atoms with E-state index in [4.69, 9.17) is 0 Å². The number of nitrogens with zero attached hydrogens (tertiary/aromatic N) is 1. The predicted molar refractivity (Wildman–Crippen MR) is 111 cm³/mol. The molecule has 0 fully saturated rings. The summed E-state index contributed by atoms with van der Waals surface area (Å²) in [5.74, 6) is -0.458. The van der Waals surface area contributed by atoms with Crippen LogP contribution in [0.3, 0.4) is 0 Å². The van der Waals surface area contributed by atoms with E-state index >= 15 is 0 Å². The van der Waals surface area contributed by atoms with E-state index in [9.17, 15) is 18.0 Å². The molecule has 3 nitrogen and oxygen atoms in total. The Balaban J connectivity index is 1.72. The van der Waals surface area contributed by atoms with Gasteiger partial charge in [-0.05, 0) is 55.7 Å². The summed E-state index contributed by atoms with van der Waals surface area (Å²) in [5.41, 5.74) is 4.74. The van der Waals surface area contributed by atoms with E-state index in [0.717, 1.165) is 34.5 Å². The molecule has 0 atom stereocenters. The fourth-order valence-electron chi connectivity index (χ4n) is 3.17. The summed E-state index contributed by atoms with van der Waals surface area (Å²) in [4.78, 5) is 16.6. The minimum atomic E-state index is -4.42. The molecule has 1 amide bonds. The van der Waals surface area contributed by atoms with Gasteiger partial charge in [-0.25, -0.2) is 4.98 Å². The molecule has 3 aromatic rings. The maximum Gasteiger partial charge on any atom is 0.416 e. The van der Waals surface area contributed by atoms with Crippen LogP contribution in [0.1, 0.15) is 27.8 Å². The van der Waals surface area contributed by atoms with Crippen molar-refractivity contribution >= 4 is 28.5 Å². The number of benzene rings is 2. The van der Waals surface area contributed by atoms with E-state index in [1.807, 2.05) is 26.2 Å². The smallest absolute Gasteiger partial charge is 0.298 e. The number of amides is 1. The van der Waals surface area contributed by atoms with Crippen molar-refractivity contribution in [2.24, 2.45) is 0 Å². The second kappa shape index (κ2) is 8.21. The van der Waals surface area contributed by atoms with Gasteiger partial charge in [-0.3, -0.25) is 10.1 Å². The van der Waals surface area contributed by atoms with Crippen molar-refractivity contribution in [1.29, 1.82) is 0 Å². The van der Waals surface area contributed by atoms with Crippen molar-refractivity contribution in [3.63, 3.8) is 0 Å². The third kappa shape index (κ3) is 5.12. The van der Waals surface area contributed by atoms with E-state index in [0.29, 0.717) is 10.7 Å². The largest absolute Gasteiger partial charge is 0.416 e. The Bertz CT molecular complexity index is 1060. The molecule has 1 heterocycles. The van der Waals surface area contributed by atoms with Crippen LogP contribution < -0.4 is 5.32 Å². The minimum absolute atomic E-state index is 0.292. The van der Waals surface area contributed by atoms with Gasteiger partial charge in [0.05, 0.1) is 11.3 Å². The number of anilines is 1. The highest BCUT2D eigenvalue weighted by molar-refractivity contribution is 7.14. The molecule has 0 bridgehead atoms. The van der Waals surface area contributed by atoms with Gasteiger partial charge in [0.15, 0.2) is 5.13 Å². The van der Waals surface area contributed by atoms with E-state index in [1.54, 1.807) is 0 Å². The topological polar surface area (TPSA) is 42.0 Å². The minimum Gasteiger partial charge on any atom is -0.298 e. The van der Waals surface area contributed by atoms with Crippen LogP contribution in [0.5, 0.6) is 0 Å². The van der Waals surface area contributed by atoms with Crippen molar-refractivity contribution < 1.29 is 18.0 Å².